The molecule has 2 heterocycles. The molecule has 1 saturated heterocycles. The van der Waals surface area contributed by atoms with E-state index in [1.54, 1.807) is 35.4 Å². The lowest BCUT2D eigenvalue weighted by molar-refractivity contribution is -0.121. The van der Waals surface area contributed by atoms with Gasteiger partial charge in [-0.3, -0.25) is 9.69 Å². The molecule has 3 rings (SSSR count). The minimum Gasteiger partial charge on any atom is -0.282 e. The molecular weight excluding hydrogens is 337 g/mol. The second-order valence-electron chi connectivity index (χ2n) is 5.35. The Morgan fingerprint density at radius 1 is 1.32 bits per heavy atom. The average Bonchev–Trinajstić information content (AvgIpc) is 2.92. The molecule has 4 nitrogen and oxygen atoms in total. The Morgan fingerprint density at radius 2 is 2.08 bits per heavy atom. The number of aliphatic imine (C=N–C) groups is 1. The molecule has 0 spiro atoms. The number of aromatic nitrogens is 1. The van der Waals surface area contributed by atoms with Crippen molar-refractivity contribution in [2.45, 2.75) is 6.92 Å². The second kappa shape index (κ2) is 7.44. The van der Waals surface area contributed by atoms with E-state index in [-0.39, 0.29) is 11.7 Å². The Bertz CT molecular complexity index is 860. The molecule has 0 saturated carbocycles. The highest BCUT2D eigenvalue weighted by Gasteiger charge is 2.34. The first-order chi connectivity index (χ1) is 12.1. The summed E-state index contributed by atoms with van der Waals surface area (Å²) in [6.07, 6.45) is 3.31. The molecule has 2 aromatic rings. The number of allylic oxidation sites excluding steroid dienone is 1. The number of benzene rings is 1. The molecule has 1 aliphatic rings. The van der Waals surface area contributed by atoms with Gasteiger partial charge in [0.25, 0.3) is 5.91 Å². The fourth-order valence-corrected chi connectivity index (χ4v) is 3.42. The van der Waals surface area contributed by atoms with Crippen molar-refractivity contribution < 1.29 is 9.18 Å². The Hall–Kier alpha value is -2.73. The number of carbonyl (C=O) groups is 1. The Kier molecular flexibility index (Phi) is 5.09. The summed E-state index contributed by atoms with van der Waals surface area (Å²) in [6.45, 7) is 5.92. The molecule has 0 N–H and O–H groups in total. The maximum absolute atomic E-state index is 13.1. The van der Waals surface area contributed by atoms with Crippen LogP contribution in [0, 0.1) is 5.82 Å². The van der Waals surface area contributed by atoms with Crippen LogP contribution < -0.4 is 0 Å². The molecular formula is C19H16FN3OS. The molecule has 1 amide bonds. The van der Waals surface area contributed by atoms with Crippen molar-refractivity contribution in [2.75, 3.05) is 6.54 Å². The maximum Gasteiger partial charge on any atom is 0.267 e. The molecule has 0 radical (unpaired) electrons. The van der Waals surface area contributed by atoms with Gasteiger partial charge in [0.2, 0.25) is 0 Å². The van der Waals surface area contributed by atoms with Crippen molar-refractivity contribution in [3.63, 3.8) is 0 Å². The third-order valence-corrected chi connectivity index (χ3v) is 4.83. The number of rotatable bonds is 4. The minimum atomic E-state index is -0.308. The van der Waals surface area contributed by atoms with Crippen LogP contribution in [0.15, 0.2) is 71.2 Å². The topological polar surface area (TPSA) is 45.6 Å². The number of hydrogen-bond acceptors (Lipinski definition) is 4. The summed E-state index contributed by atoms with van der Waals surface area (Å²) in [5, 5.41) is 0.556. The lowest BCUT2D eigenvalue weighted by Gasteiger charge is -2.12. The third-order valence-electron chi connectivity index (χ3n) is 3.65. The lowest BCUT2D eigenvalue weighted by Crippen LogP contribution is -2.29. The molecule has 6 heteroatoms. The van der Waals surface area contributed by atoms with Gasteiger partial charge in [-0.15, -0.1) is 6.58 Å². The first kappa shape index (κ1) is 17.1. The van der Waals surface area contributed by atoms with E-state index in [0.29, 0.717) is 22.4 Å². The van der Waals surface area contributed by atoms with Crippen LogP contribution in [-0.2, 0) is 4.79 Å². The quantitative estimate of drug-likeness (QED) is 0.604. The van der Waals surface area contributed by atoms with Gasteiger partial charge in [-0.1, -0.05) is 24.3 Å². The number of nitrogens with zero attached hydrogens (tertiary/aromatic N) is 3. The third kappa shape index (κ3) is 3.69. The highest BCUT2D eigenvalue weighted by Crippen LogP contribution is 2.37. The molecule has 25 heavy (non-hydrogen) atoms. The molecule has 1 aromatic heterocycles. The van der Waals surface area contributed by atoms with Crippen molar-refractivity contribution >= 4 is 34.2 Å². The van der Waals surface area contributed by atoms with E-state index in [0.717, 1.165) is 11.1 Å². The Labute approximate surface area is 149 Å². The largest absolute Gasteiger partial charge is 0.282 e. The van der Waals surface area contributed by atoms with Gasteiger partial charge in [-0.05, 0) is 54.1 Å². The van der Waals surface area contributed by atoms with Gasteiger partial charge in [0.05, 0.1) is 4.91 Å². The molecule has 0 bridgehead atoms. The van der Waals surface area contributed by atoms with Crippen LogP contribution >= 0.6 is 11.8 Å². The van der Waals surface area contributed by atoms with E-state index >= 15 is 0 Å². The monoisotopic (exact) mass is 353 g/mol. The highest BCUT2D eigenvalue weighted by atomic mass is 32.2. The average molecular weight is 353 g/mol. The van der Waals surface area contributed by atoms with Crippen LogP contribution in [0.2, 0.25) is 0 Å². The van der Waals surface area contributed by atoms with Gasteiger partial charge >= 0.3 is 0 Å². The van der Waals surface area contributed by atoms with Gasteiger partial charge in [0.15, 0.2) is 11.0 Å². The van der Waals surface area contributed by atoms with Crippen molar-refractivity contribution in [1.82, 2.24) is 9.88 Å². The molecule has 0 atom stereocenters. The zero-order valence-corrected chi connectivity index (χ0v) is 14.5. The van der Waals surface area contributed by atoms with Crippen molar-refractivity contribution in [1.29, 1.82) is 0 Å². The Balaban J connectivity index is 2.01. The molecule has 1 fully saturated rings. The number of thioether (sulfide) groups is 1. The second-order valence-corrected chi connectivity index (χ2v) is 6.33. The summed E-state index contributed by atoms with van der Waals surface area (Å²) < 4.78 is 13.1. The van der Waals surface area contributed by atoms with E-state index < -0.39 is 0 Å². The summed E-state index contributed by atoms with van der Waals surface area (Å²) in [5.41, 5.74) is 1.59. The lowest BCUT2D eigenvalue weighted by atomic mass is 10.1. The van der Waals surface area contributed by atoms with E-state index in [2.05, 4.69) is 16.6 Å². The Morgan fingerprint density at radius 3 is 2.72 bits per heavy atom. The van der Waals surface area contributed by atoms with Gasteiger partial charge < -0.3 is 0 Å². The number of pyridine rings is 1. The van der Waals surface area contributed by atoms with Crippen molar-refractivity contribution in [2.24, 2.45) is 4.99 Å². The van der Waals surface area contributed by atoms with E-state index in [4.69, 9.17) is 0 Å². The standard InChI is InChI=1S/C19H16FN3OS/c1-3-12-23-18(24)17(13(2)14-7-9-15(20)10-8-14)25-19(23)22-16-6-4-5-11-21-16/h3-11H,1,12H2,2H3/b17-13-,22-19+. The van der Waals surface area contributed by atoms with E-state index in [1.165, 1.54) is 23.9 Å². The van der Waals surface area contributed by atoms with Gasteiger partial charge in [-0.25, -0.2) is 14.4 Å². The first-order valence-corrected chi connectivity index (χ1v) is 8.49. The fraction of sp³-hybridized carbons (Fsp3) is 0.105. The SMILES string of the molecule is C=CCN1C(=O)/C(=C(\C)c2ccc(F)cc2)S/C1=N/c1ccccn1. The predicted octanol–water partition coefficient (Wildman–Crippen LogP) is 4.40. The van der Waals surface area contributed by atoms with Crippen LogP contribution in [0.25, 0.3) is 5.57 Å². The van der Waals surface area contributed by atoms with E-state index in [1.807, 2.05) is 19.1 Å². The zero-order valence-electron chi connectivity index (χ0n) is 13.6. The predicted molar refractivity (Wildman–Crippen MR) is 99.8 cm³/mol. The van der Waals surface area contributed by atoms with Gasteiger partial charge in [0, 0.05) is 12.7 Å². The van der Waals surface area contributed by atoms with Crippen molar-refractivity contribution in [3.05, 3.63) is 77.6 Å². The van der Waals surface area contributed by atoms with E-state index in [9.17, 15) is 9.18 Å². The number of carbonyl (C=O) groups excluding carboxylic acids is 1. The van der Waals surface area contributed by atoms with Crippen LogP contribution in [-0.4, -0.2) is 27.5 Å². The zero-order chi connectivity index (χ0) is 17.8. The van der Waals surface area contributed by atoms with Crippen LogP contribution in [0.1, 0.15) is 12.5 Å². The molecule has 1 aromatic carbocycles. The fourth-order valence-electron chi connectivity index (χ4n) is 2.36. The van der Waals surface area contributed by atoms with Gasteiger partial charge in [-0.2, -0.15) is 0 Å². The normalized spacial score (nSPS) is 17.9. The number of hydrogen-bond donors (Lipinski definition) is 0. The van der Waals surface area contributed by atoms with Crippen molar-refractivity contribution in [3.8, 4) is 0 Å². The smallest absolute Gasteiger partial charge is 0.267 e. The summed E-state index contributed by atoms with van der Waals surface area (Å²) in [4.78, 5) is 23.6. The summed E-state index contributed by atoms with van der Waals surface area (Å²) >= 11 is 1.29. The van der Waals surface area contributed by atoms with Crippen LogP contribution in [0.5, 0.6) is 0 Å². The highest BCUT2D eigenvalue weighted by molar-refractivity contribution is 8.18. The number of halogens is 1. The summed E-state index contributed by atoms with van der Waals surface area (Å²) in [7, 11) is 0. The molecule has 0 unspecified atom stereocenters. The first-order valence-electron chi connectivity index (χ1n) is 7.67. The molecule has 0 aliphatic carbocycles. The van der Waals surface area contributed by atoms with Crippen LogP contribution in [0.3, 0.4) is 0 Å². The van der Waals surface area contributed by atoms with Crippen LogP contribution in [0.4, 0.5) is 10.2 Å². The number of amides is 1. The molecule has 1 aliphatic heterocycles. The summed E-state index contributed by atoms with van der Waals surface area (Å²) in [5.74, 6) is 0.0894. The summed E-state index contributed by atoms with van der Waals surface area (Å²) in [6, 6.07) is 11.5. The minimum absolute atomic E-state index is 0.138. The van der Waals surface area contributed by atoms with Gasteiger partial charge in [0.1, 0.15) is 5.82 Å². The number of amidine groups is 1. The maximum atomic E-state index is 13.1. The molecule has 126 valence electrons.